The fourth-order valence-electron chi connectivity index (χ4n) is 3.51. The van der Waals surface area contributed by atoms with Gasteiger partial charge in [-0.1, -0.05) is 56.3 Å². The second-order valence-corrected chi connectivity index (χ2v) is 8.11. The average Bonchev–Trinajstić information content (AvgIpc) is 2.72. The minimum absolute atomic E-state index is 0.253. The molecular weight excluding hydrogens is 369 g/mol. The Morgan fingerprint density at radius 3 is 2.55 bits per heavy atom. The predicted molar refractivity (Wildman–Crippen MR) is 112 cm³/mol. The molecule has 2 aromatic rings. The molecule has 2 amide bonds. The number of hydrogen-bond donors (Lipinski definition) is 2. The Morgan fingerprint density at radius 2 is 1.79 bits per heavy atom. The number of ether oxygens (including phenoxy) is 1. The molecule has 1 aliphatic rings. The first-order chi connectivity index (χ1) is 13.9. The van der Waals surface area contributed by atoms with Gasteiger partial charge in [0.1, 0.15) is 5.82 Å². The van der Waals surface area contributed by atoms with Gasteiger partial charge in [-0.15, -0.1) is 0 Å². The van der Waals surface area contributed by atoms with E-state index in [1.165, 1.54) is 11.6 Å². The number of urea groups is 1. The minimum Gasteiger partial charge on any atom is -0.379 e. The van der Waals surface area contributed by atoms with Crippen molar-refractivity contribution in [2.24, 2.45) is 0 Å². The zero-order valence-electron chi connectivity index (χ0n) is 17.2. The normalized spacial score (nSPS) is 15.1. The molecule has 29 heavy (non-hydrogen) atoms. The zero-order valence-corrected chi connectivity index (χ0v) is 17.2. The van der Waals surface area contributed by atoms with Gasteiger partial charge in [0.05, 0.1) is 13.2 Å². The van der Waals surface area contributed by atoms with E-state index in [1.54, 1.807) is 12.1 Å². The molecule has 0 aromatic heterocycles. The molecule has 3 rings (SSSR count). The summed E-state index contributed by atoms with van der Waals surface area (Å²) in [5.74, 6) is -0.253. The Kier molecular flexibility index (Phi) is 7.23. The molecule has 0 bridgehead atoms. The van der Waals surface area contributed by atoms with E-state index in [4.69, 9.17) is 4.74 Å². The van der Waals surface area contributed by atoms with Gasteiger partial charge < -0.3 is 15.4 Å². The molecule has 0 atom stereocenters. The number of amides is 2. The SMILES string of the molecule is CC(C)(CNC(=O)NCc1cccc(CN2CCOCC2)c1)c1ccccc1F. The molecule has 156 valence electrons. The molecule has 1 heterocycles. The first-order valence-electron chi connectivity index (χ1n) is 10.1. The molecular formula is C23H30FN3O2. The van der Waals surface area contributed by atoms with Crippen LogP contribution >= 0.6 is 0 Å². The number of halogens is 1. The van der Waals surface area contributed by atoms with Crippen LogP contribution in [0, 0.1) is 5.82 Å². The van der Waals surface area contributed by atoms with Gasteiger partial charge in [-0.2, -0.15) is 0 Å². The van der Waals surface area contributed by atoms with Crippen molar-refractivity contribution in [3.8, 4) is 0 Å². The van der Waals surface area contributed by atoms with E-state index in [0.717, 1.165) is 38.4 Å². The summed E-state index contributed by atoms with van der Waals surface area (Å²) in [4.78, 5) is 14.6. The van der Waals surface area contributed by atoms with E-state index in [0.29, 0.717) is 18.7 Å². The average molecular weight is 400 g/mol. The third kappa shape index (κ3) is 6.27. The summed E-state index contributed by atoms with van der Waals surface area (Å²) in [6.45, 7) is 8.97. The van der Waals surface area contributed by atoms with Gasteiger partial charge >= 0.3 is 6.03 Å². The standard InChI is InChI=1S/C23H30FN3O2/c1-23(2,20-8-3-4-9-21(20)24)17-26-22(28)25-15-18-6-5-7-19(14-18)16-27-10-12-29-13-11-27/h3-9,14H,10-13,15-17H2,1-2H3,(H2,25,26,28). The van der Waals surface area contributed by atoms with E-state index in [9.17, 15) is 9.18 Å². The Hall–Kier alpha value is -2.44. The minimum atomic E-state index is -0.499. The number of morpholine rings is 1. The highest BCUT2D eigenvalue weighted by Crippen LogP contribution is 2.24. The van der Waals surface area contributed by atoms with Crippen LogP contribution in [0.5, 0.6) is 0 Å². The van der Waals surface area contributed by atoms with Crippen molar-refractivity contribution in [3.63, 3.8) is 0 Å². The molecule has 0 aliphatic carbocycles. The Bertz CT molecular complexity index is 819. The Labute approximate surface area is 172 Å². The van der Waals surface area contributed by atoms with Crippen molar-refractivity contribution in [1.29, 1.82) is 0 Å². The lowest BCUT2D eigenvalue weighted by Gasteiger charge is -2.26. The van der Waals surface area contributed by atoms with E-state index in [2.05, 4.69) is 27.7 Å². The van der Waals surface area contributed by atoms with Crippen LogP contribution in [0.25, 0.3) is 0 Å². The van der Waals surface area contributed by atoms with E-state index >= 15 is 0 Å². The van der Waals surface area contributed by atoms with Crippen LogP contribution in [0.3, 0.4) is 0 Å². The van der Waals surface area contributed by atoms with Gasteiger partial charge in [0.2, 0.25) is 0 Å². The van der Waals surface area contributed by atoms with Gasteiger partial charge in [-0.05, 0) is 22.8 Å². The van der Waals surface area contributed by atoms with E-state index in [1.807, 2.05) is 32.0 Å². The van der Waals surface area contributed by atoms with Crippen LogP contribution in [0.2, 0.25) is 0 Å². The van der Waals surface area contributed by atoms with Crippen molar-refractivity contribution in [3.05, 3.63) is 71.0 Å². The van der Waals surface area contributed by atoms with Crippen LogP contribution in [0.4, 0.5) is 9.18 Å². The summed E-state index contributed by atoms with van der Waals surface area (Å²) in [5.41, 5.74) is 2.38. The van der Waals surface area contributed by atoms with Crippen molar-refractivity contribution < 1.29 is 13.9 Å². The van der Waals surface area contributed by atoms with Crippen molar-refractivity contribution in [2.45, 2.75) is 32.4 Å². The van der Waals surface area contributed by atoms with E-state index < -0.39 is 5.41 Å². The summed E-state index contributed by atoms with van der Waals surface area (Å²) >= 11 is 0. The third-order valence-electron chi connectivity index (χ3n) is 5.25. The first-order valence-corrected chi connectivity index (χ1v) is 10.1. The maximum absolute atomic E-state index is 14.0. The fourth-order valence-corrected chi connectivity index (χ4v) is 3.51. The number of nitrogens with zero attached hydrogens (tertiary/aromatic N) is 1. The summed E-state index contributed by atoms with van der Waals surface area (Å²) in [6.07, 6.45) is 0. The molecule has 1 aliphatic heterocycles. The number of nitrogens with one attached hydrogen (secondary N) is 2. The first kappa shape index (κ1) is 21.3. The number of carbonyl (C=O) groups excluding carboxylic acids is 1. The molecule has 0 saturated carbocycles. The summed E-state index contributed by atoms with van der Waals surface area (Å²) in [6, 6.07) is 14.7. The maximum atomic E-state index is 14.0. The van der Waals surface area contributed by atoms with Gasteiger partial charge in [-0.3, -0.25) is 4.90 Å². The third-order valence-corrected chi connectivity index (χ3v) is 5.25. The number of benzene rings is 2. The van der Waals surface area contributed by atoms with Crippen LogP contribution in [-0.2, 0) is 23.2 Å². The smallest absolute Gasteiger partial charge is 0.315 e. The van der Waals surface area contributed by atoms with Crippen LogP contribution in [0.15, 0.2) is 48.5 Å². The molecule has 0 unspecified atom stereocenters. The zero-order chi connectivity index (χ0) is 20.7. The Morgan fingerprint density at radius 1 is 1.07 bits per heavy atom. The summed E-state index contributed by atoms with van der Waals surface area (Å²) in [7, 11) is 0. The summed E-state index contributed by atoms with van der Waals surface area (Å²) < 4.78 is 19.4. The molecule has 5 nitrogen and oxygen atoms in total. The van der Waals surface area contributed by atoms with E-state index in [-0.39, 0.29) is 11.8 Å². The molecule has 1 fully saturated rings. The van der Waals surface area contributed by atoms with Crippen LogP contribution in [0.1, 0.15) is 30.5 Å². The lowest BCUT2D eigenvalue weighted by Crippen LogP contribution is -2.42. The fraction of sp³-hybridized carbons (Fsp3) is 0.435. The monoisotopic (exact) mass is 399 g/mol. The highest BCUT2D eigenvalue weighted by Gasteiger charge is 2.24. The Balaban J connectivity index is 1.48. The molecule has 6 heteroatoms. The van der Waals surface area contributed by atoms with Crippen LogP contribution in [-0.4, -0.2) is 43.8 Å². The van der Waals surface area contributed by atoms with Crippen LogP contribution < -0.4 is 10.6 Å². The van der Waals surface area contributed by atoms with Crippen molar-refractivity contribution in [2.75, 3.05) is 32.8 Å². The maximum Gasteiger partial charge on any atom is 0.315 e. The number of hydrogen-bond acceptors (Lipinski definition) is 3. The molecule has 2 aromatic carbocycles. The summed E-state index contributed by atoms with van der Waals surface area (Å²) in [5, 5.41) is 5.75. The largest absolute Gasteiger partial charge is 0.379 e. The van der Waals surface area contributed by atoms with Gasteiger partial charge in [0.15, 0.2) is 0 Å². The number of carbonyl (C=O) groups is 1. The predicted octanol–water partition coefficient (Wildman–Crippen LogP) is 3.43. The van der Waals surface area contributed by atoms with Crippen molar-refractivity contribution in [1.82, 2.24) is 15.5 Å². The molecule has 0 radical (unpaired) electrons. The van der Waals surface area contributed by atoms with Gasteiger partial charge in [-0.25, -0.2) is 9.18 Å². The highest BCUT2D eigenvalue weighted by atomic mass is 19.1. The molecule has 0 spiro atoms. The lowest BCUT2D eigenvalue weighted by atomic mass is 9.84. The number of rotatable bonds is 7. The lowest BCUT2D eigenvalue weighted by molar-refractivity contribution is 0.0342. The second kappa shape index (κ2) is 9.85. The highest BCUT2D eigenvalue weighted by molar-refractivity contribution is 5.74. The van der Waals surface area contributed by atoms with Gasteiger partial charge in [0, 0.05) is 38.1 Å². The molecule has 2 N–H and O–H groups in total. The van der Waals surface area contributed by atoms with Gasteiger partial charge in [0.25, 0.3) is 0 Å². The molecule has 1 saturated heterocycles. The van der Waals surface area contributed by atoms with Crippen molar-refractivity contribution >= 4 is 6.03 Å². The second-order valence-electron chi connectivity index (χ2n) is 8.11. The quantitative estimate of drug-likeness (QED) is 0.750. The topological polar surface area (TPSA) is 53.6 Å².